The lowest BCUT2D eigenvalue weighted by Crippen LogP contribution is -1.98. The van der Waals surface area contributed by atoms with Crippen LogP contribution in [-0.2, 0) is 0 Å². The van der Waals surface area contributed by atoms with Crippen LogP contribution in [0, 0.1) is 29.2 Å². The van der Waals surface area contributed by atoms with Crippen molar-refractivity contribution in [2.75, 3.05) is 0 Å². The summed E-state index contributed by atoms with van der Waals surface area (Å²) in [6.45, 7) is 7.80. The number of para-hydroxylation sites is 3. The van der Waals surface area contributed by atoms with Crippen LogP contribution in [0.4, 0.5) is 5.69 Å². The van der Waals surface area contributed by atoms with Crippen molar-refractivity contribution in [3.05, 3.63) is 174 Å². The number of fused-ring (bicyclic) bond motifs is 6. The molecule has 0 unspecified atom stereocenters. The molecule has 0 fully saturated rings. The SMILES string of the molecule is [C-]#[N+]c1cccc2c1c1ccccc1n2-c1cccc(-c2ccc(-c3ccccc3-n3c4ccccc4c4cc(C#N)ccc43)cc2C#N)c1. The molecule has 0 saturated carbocycles. The molecular weight excluding hydrogens is 611 g/mol. The standard InChI is InChI=1S/C45H25N5/c1-48-39-15-9-19-44-45(39)37-14-4-7-18-42(37)49(44)33-11-8-10-30(26-33)34-22-21-31(25-32(34)28-47)35-12-2-5-16-40(35)50-41-17-6-3-13-36(41)38-24-29(27-46)20-23-43(38)50/h2-26H. The average molecular weight is 636 g/mol. The van der Waals surface area contributed by atoms with Crippen molar-refractivity contribution in [2.45, 2.75) is 0 Å². The molecule has 0 aliphatic carbocycles. The third-order valence-electron chi connectivity index (χ3n) is 9.61. The first-order valence-electron chi connectivity index (χ1n) is 16.3. The van der Waals surface area contributed by atoms with E-state index in [-0.39, 0.29) is 0 Å². The van der Waals surface area contributed by atoms with E-state index >= 15 is 0 Å². The lowest BCUT2D eigenvalue weighted by Gasteiger charge is -2.15. The molecule has 2 heterocycles. The molecule has 7 aromatic carbocycles. The Morgan fingerprint density at radius 1 is 0.500 bits per heavy atom. The van der Waals surface area contributed by atoms with Gasteiger partial charge in [-0.2, -0.15) is 10.5 Å². The minimum Gasteiger partial charge on any atom is -0.311 e. The quantitative estimate of drug-likeness (QED) is 0.181. The molecule has 9 rings (SSSR count). The van der Waals surface area contributed by atoms with Gasteiger partial charge in [0.15, 0.2) is 5.69 Å². The van der Waals surface area contributed by atoms with Crippen molar-refractivity contribution in [3.63, 3.8) is 0 Å². The van der Waals surface area contributed by atoms with Crippen LogP contribution in [0.5, 0.6) is 0 Å². The van der Waals surface area contributed by atoms with Crippen LogP contribution in [0.2, 0.25) is 0 Å². The number of nitrogens with zero attached hydrogens (tertiary/aromatic N) is 5. The fourth-order valence-electron chi connectivity index (χ4n) is 7.45. The maximum absolute atomic E-state index is 10.5. The Morgan fingerprint density at radius 3 is 2.02 bits per heavy atom. The predicted octanol–water partition coefficient (Wildman–Crippen LogP) is 11.5. The van der Waals surface area contributed by atoms with Crippen molar-refractivity contribution in [1.29, 1.82) is 10.5 Å². The van der Waals surface area contributed by atoms with Gasteiger partial charge in [-0.15, -0.1) is 0 Å². The fraction of sp³-hybridized carbons (Fsp3) is 0. The number of hydrogen-bond donors (Lipinski definition) is 0. The average Bonchev–Trinajstić information content (AvgIpc) is 3.70. The van der Waals surface area contributed by atoms with Crippen LogP contribution in [-0.4, -0.2) is 9.13 Å². The molecule has 0 saturated heterocycles. The summed E-state index contributed by atoms with van der Waals surface area (Å²) in [5.74, 6) is 0. The van der Waals surface area contributed by atoms with E-state index in [1.807, 2.05) is 91.0 Å². The van der Waals surface area contributed by atoms with Crippen LogP contribution >= 0.6 is 0 Å². The summed E-state index contributed by atoms with van der Waals surface area (Å²) in [5, 5.41) is 24.2. The minimum absolute atomic E-state index is 0.577. The topological polar surface area (TPSA) is 61.8 Å². The first kappa shape index (κ1) is 28.8. The van der Waals surface area contributed by atoms with Crippen LogP contribution in [0.1, 0.15) is 11.1 Å². The Hall–Kier alpha value is -7.39. The summed E-state index contributed by atoms with van der Waals surface area (Å²) in [6.07, 6.45) is 0. The number of hydrogen-bond acceptors (Lipinski definition) is 2. The number of benzene rings is 7. The number of rotatable bonds is 4. The molecule has 9 aromatic rings. The normalized spacial score (nSPS) is 11.1. The molecule has 0 bridgehead atoms. The van der Waals surface area contributed by atoms with E-state index in [1.165, 1.54) is 0 Å². The van der Waals surface area contributed by atoms with Gasteiger partial charge in [0.1, 0.15) is 0 Å². The van der Waals surface area contributed by atoms with Crippen LogP contribution in [0.25, 0.3) is 82.1 Å². The largest absolute Gasteiger partial charge is 0.311 e. The maximum Gasteiger partial charge on any atom is 0.197 e. The summed E-state index contributed by atoms with van der Waals surface area (Å²) < 4.78 is 4.44. The molecule has 0 atom stereocenters. The van der Waals surface area contributed by atoms with E-state index < -0.39 is 0 Å². The van der Waals surface area contributed by atoms with E-state index in [1.54, 1.807) is 0 Å². The van der Waals surface area contributed by atoms with Gasteiger partial charge in [-0.05, 0) is 82.7 Å². The molecule has 0 amide bonds. The number of nitriles is 2. The molecule has 0 radical (unpaired) electrons. The summed E-state index contributed by atoms with van der Waals surface area (Å²) in [6, 6.07) is 55.5. The molecular formula is C45H25N5. The van der Waals surface area contributed by atoms with Gasteiger partial charge in [-0.25, -0.2) is 4.85 Å². The highest BCUT2D eigenvalue weighted by atomic mass is 15.0. The van der Waals surface area contributed by atoms with E-state index in [2.05, 4.69) is 86.8 Å². The Balaban J connectivity index is 1.19. The first-order chi connectivity index (χ1) is 24.7. The second kappa shape index (κ2) is 11.4. The highest BCUT2D eigenvalue weighted by molar-refractivity contribution is 6.15. The van der Waals surface area contributed by atoms with E-state index in [4.69, 9.17) is 6.57 Å². The van der Waals surface area contributed by atoms with E-state index in [0.29, 0.717) is 16.8 Å². The third-order valence-corrected chi connectivity index (χ3v) is 9.61. The first-order valence-corrected chi connectivity index (χ1v) is 16.3. The van der Waals surface area contributed by atoms with Crippen LogP contribution in [0.3, 0.4) is 0 Å². The van der Waals surface area contributed by atoms with E-state index in [0.717, 1.165) is 77.2 Å². The summed E-state index contributed by atoms with van der Waals surface area (Å²) in [7, 11) is 0. The minimum atomic E-state index is 0.577. The predicted molar refractivity (Wildman–Crippen MR) is 202 cm³/mol. The Bertz CT molecular complexity index is 2970. The summed E-state index contributed by atoms with van der Waals surface area (Å²) in [4.78, 5) is 3.82. The van der Waals surface area contributed by atoms with Gasteiger partial charge in [-0.1, -0.05) is 91.0 Å². The van der Waals surface area contributed by atoms with Crippen molar-refractivity contribution >= 4 is 49.3 Å². The van der Waals surface area contributed by atoms with Crippen LogP contribution < -0.4 is 0 Å². The smallest absolute Gasteiger partial charge is 0.197 e. The van der Waals surface area contributed by atoms with E-state index in [9.17, 15) is 10.5 Å². The lowest BCUT2D eigenvalue weighted by atomic mass is 9.94. The molecule has 0 aliphatic rings. The van der Waals surface area contributed by atoms with Crippen molar-refractivity contribution in [3.8, 4) is 45.8 Å². The highest BCUT2D eigenvalue weighted by Gasteiger charge is 2.18. The zero-order valence-corrected chi connectivity index (χ0v) is 26.7. The molecule has 50 heavy (non-hydrogen) atoms. The summed E-state index contributed by atoms with van der Waals surface area (Å²) >= 11 is 0. The Kier molecular flexibility index (Phi) is 6.56. The zero-order chi connectivity index (χ0) is 33.8. The van der Waals surface area contributed by atoms with Gasteiger partial charge in [0.2, 0.25) is 0 Å². The van der Waals surface area contributed by atoms with Gasteiger partial charge in [0.25, 0.3) is 0 Å². The van der Waals surface area contributed by atoms with Gasteiger partial charge < -0.3 is 9.13 Å². The Labute approximate surface area is 288 Å². The molecule has 5 nitrogen and oxygen atoms in total. The third kappa shape index (κ3) is 4.31. The molecule has 230 valence electrons. The van der Waals surface area contributed by atoms with Crippen LogP contribution in [0.15, 0.2) is 152 Å². The fourth-order valence-corrected chi connectivity index (χ4v) is 7.45. The highest BCUT2D eigenvalue weighted by Crippen LogP contribution is 2.40. The van der Waals surface area contributed by atoms with Gasteiger partial charge in [0.05, 0.1) is 52.1 Å². The molecule has 0 N–H and O–H groups in total. The summed E-state index contributed by atoms with van der Waals surface area (Å²) in [5.41, 5.74) is 11.6. The van der Waals surface area contributed by atoms with Gasteiger partial charge in [-0.3, -0.25) is 0 Å². The molecule has 0 aliphatic heterocycles. The van der Waals surface area contributed by atoms with Crippen molar-refractivity contribution < 1.29 is 0 Å². The molecule has 0 spiro atoms. The molecule has 5 heteroatoms. The number of aromatic nitrogens is 2. The molecule has 2 aromatic heterocycles. The monoisotopic (exact) mass is 635 g/mol. The Morgan fingerprint density at radius 2 is 1.20 bits per heavy atom. The second-order valence-electron chi connectivity index (χ2n) is 12.3. The zero-order valence-electron chi connectivity index (χ0n) is 26.7. The van der Waals surface area contributed by atoms with Gasteiger partial charge >= 0.3 is 0 Å². The van der Waals surface area contributed by atoms with Gasteiger partial charge in [0, 0.05) is 32.9 Å². The van der Waals surface area contributed by atoms with Crippen molar-refractivity contribution in [1.82, 2.24) is 9.13 Å². The van der Waals surface area contributed by atoms with Crippen molar-refractivity contribution in [2.24, 2.45) is 0 Å². The lowest BCUT2D eigenvalue weighted by molar-refractivity contribution is 1.18. The maximum atomic E-state index is 10.5. The second-order valence-corrected chi connectivity index (χ2v) is 12.3.